The maximum atomic E-state index is 13.6. The monoisotopic (exact) mass is 504 g/mol. The summed E-state index contributed by atoms with van der Waals surface area (Å²) in [5.41, 5.74) is 0.892. The molecule has 0 bridgehead atoms. The number of nitro groups is 2. The number of allylic oxidation sites excluding steroid dienone is 2. The molecule has 1 unspecified atom stereocenters. The van der Waals surface area contributed by atoms with Crippen molar-refractivity contribution in [1.29, 1.82) is 0 Å². The molecule has 182 valence electrons. The van der Waals surface area contributed by atoms with Gasteiger partial charge in [0.15, 0.2) is 10.6 Å². The molecule has 0 amide bonds. The van der Waals surface area contributed by atoms with Crippen LogP contribution in [0.4, 0.5) is 11.4 Å². The molecule has 1 aromatic heterocycles. The lowest BCUT2D eigenvalue weighted by atomic mass is 9.73. The number of aromatic nitrogens is 1. The summed E-state index contributed by atoms with van der Waals surface area (Å²) in [6, 6.07) is 11.0. The fourth-order valence-electron chi connectivity index (χ4n) is 4.75. The molecule has 1 aliphatic heterocycles. The molecule has 0 saturated carbocycles. The molecule has 1 atom stereocenters. The van der Waals surface area contributed by atoms with Gasteiger partial charge in [-0.15, -0.1) is 0 Å². The number of carbonyl (C=O) groups is 1. The Hall–Kier alpha value is -4.25. The molecule has 1 aliphatic carbocycles. The Balaban J connectivity index is 1.76. The number of hydrogen-bond acceptors (Lipinski definition) is 8. The van der Waals surface area contributed by atoms with Gasteiger partial charge in [-0.1, -0.05) is 49.4 Å². The first-order chi connectivity index (χ1) is 17.0. The summed E-state index contributed by atoms with van der Waals surface area (Å²) in [5.74, 6) is -0.144. The first kappa shape index (κ1) is 23.5. The van der Waals surface area contributed by atoms with Crippen molar-refractivity contribution in [2.45, 2.75) is 32.7 Å². The fourth-order valence-corrected chi connectivity index (χ4v) is 5.77. The third-order valence-electron chi connectivity index (χ3n) is 6.27. The third kappa shape index (κ3) is 4.07. The molecule has 2 heterocycles. The number of carbonyl (C=O) groups excluding carboxylic acids is 1. The highest BCUT2D eigenvalue weighted by molar-refractivity contribution is 7.07. The minimum Gasteiger partial charge on any atom is -0.294 e. The number of hydrogen-bond donors (Lipinski definition) is 0. The Morgan fingerprint density at radius 1 is 1.03 bits per heavy atom. The van der Waals surface area contributed by atoms with Crippen LogP contribution in [0.25, 0.3) is 6.08 Å². The highest BCUT2D eigenvalue weighted by Crippen LogP contribution is 2.43. The molecule has 0 fully saturated rings. The van der Waals surface area contributed by atoms with Crippen molar-refractivity contribution in [3.63, 3.8) is 0 Å². The van der Waals surface area contributed by atoms with Crippen LogP contribution in [0.2, 0.25) is 0 Å². The van der Waals surface area contributed by atoms with Crippen LogP contribution in [0.1, 0.15) is 43.9 Å². The zero-order chi connectivity index (χ0) is 25.8. The second-order valence-electron chi connectivity index (χ2n) is 9.59. The van der Waals surface area contributed by atoms with Crippen molar-refractivity contribution in [3.8, 4) is 0 Å². The Bertz CT molecular complexity index is 1680. The Morgan fingerprint density at radius 2 is 1.69 bits per heavy atom. The molecule has 2 aliphatic rings. The Morgan fingerprint density at radius 3 is 2.39 bits per heavy atom. The van der Waals surface area contributed by atoms with E-state index in [1.54, 1.807) is 18.2 Å². The fraction of sp³-hybridized carbons (Fsp3) is 0.240. The number of Topliss-reactive ketones (excluding diaryl/α,β-unsaturated/α-hetero) is 1. The molecular weight excluding hydrogens is 484 g/mol. The maximum absolute atomic E-state index is 13.6. The molecule has 0 radical (unpaired) electrons. The lowest BCUT2D eigenvalue weighted by Gasteiger charge is -2.35. The van der Waals surface area contributed by atoms with Gasteiger partial charge in [0.2, 0.25) is 0 Å². The standard InChI is InChI=1S/C25H20N4O6S/c1-25(2)12-18-21(19(30)13-25)22(15-6-4-8-17(11-15)29(34)35)27-23(31)20(36-24(27)26-18)10-14-5-3-7-16(9-14)28(32)33/h3-11,22H,12-13H2,1-2H3. The van der Waals surface area contributed by atoms with Gasteiger partial charge in [-0.05, 0) is 29.0 Å². The van der Waals surface area contributed by atoms with Crippen LogP contribution in [0.5, 0.6) is 0 Å². The molecule has 3 aromatic rings. The molecular formula is C25H20N4O6S. The van der Waals surface area contributed by atoms with E-state index in [-0.39, 0.29) is 33.5 Å². The molecule has 0 saturated heterocycles. The van der Waals surface area contributed by atoms with E-state index in [0.29, 0.717) is 33.6 Å². The summed E-state index contributed by atoms with van der Waals surface area (Å²) < 4.78 is 1.69. The van der Waals surface area contributed by atoms with Gasteiger partial charge in [-0.2, -0.15) is 0 Å². The minimum atomic E-state index is -0.855. The van der Waals surface area contributed by atoms with Gasteiger partial charge in [0.25, 0.3) is 16.9 Å². The van der Waals surface area contributed by atoms with E-state index in [0.717, 1.165) is 11.3 Å². The Kier molecular flexibility index (Phi) is 5.51. The number of ketones is 1. The quantitative estimate of drug-likeness (QED) is 0.394. The van der Waals surface area contributed by atoms with E-state index in [1.807, 2.05) is 13.8 Å². The first-order valence-electron chi connectivity index (χ1n) is 11.1. The van der Waals surface area contributed by atoms with Crippen molar-refractivity contribution >= 4 is 34.6 Å². The number of thiazole rings is 1. The van der Waals surface area contributed by atoms with Gasteiger partial charge in [0.1, 0.15) is 0 Å². The largest absolute Gasteiger partial charge is 0.294 e. The van der Waals surface area contributed by atoms with Gasteiger partial charge < -0.3 is 0 Å². The van der Waals surface area contributed by atoms with E-state index in [1.165, 1.54) is 41.0 Å². The van der Waals surface area contributed by atoms with Crippen molar-refractivity contribution < 1.29 is 14.6 Å². The highest BCUT2D eigenvalue weighted by Gasteiger charge is 2.40. The van der Waals surface area contributed by atoms with Crippen LogP contribution in [0.3, 0.4) is 0 Å². The Labute approximate surface area is 207 Å². The molecule has 0 spiro atoms. The van der Waals surface area contributed by atoms with Crippen molar-refractivity contribution in [2.75, 3.05) is 0 Å². The van der Waals surface area contributed by atoms with Crippen molar-refractivity contribution in [2.24, 2.45) is 10.4 Å². The van der Waals surface area contributed by atoms with Crippen molar-refractivity contribution in [1.82, 2.24) is 4.57 Å². The first-order valence-corrected chi connectivity index (χ1v) is 11.9. The summed E-state index contributed by atoms with van der Waals surface area (Å²) in [7, 11) is 0. The number of nitro benzene ring substituents is 2. The lowest BCUT2D eigenvalue weighted by Crippen LogP contribution is -2.42. The summed E-state index contributed by atoms with van der Waals surface area (Å²) in [5, 5.41) is 22.6. The molecule has 36 heavy (non-hydrogen) atoms. The average molecular weight is 505 g/mol. The van der Waals surface area contributed by atoms with Gasteiger partial charge in [-0.25, -0.2) is 4.99 Å². The minimum absolute atomic E-state index is 0.103. The van der Waals surface area contributed by atoms with Gasteiger partial charge in [0.05, 0.1) is 26.1 Å². The molecule has 5 rings (SSSR count). The van der Waals surface area contributed by atoms with Crippen molar-refractivity contribution in [3.05, 3.63) is 111 Å². The number of fused-ring (bicyclic) bond motifs is 1. The van der Waals surface area contributed by atoms with E-state index >= 15 is 0 Å². The SMILES string of the molecule is CC1(C)CC(=O)C2=C(C1)N=c1sc(=Cc3cccc([N+](=O)[O-])c3)c(=O)n1C2c1cccc([N+](=O)[O-])c1. The number of benzene rings is 2. The molecule has 2 aromatic carbocycles. The summed E-state index contributed by atoms with van der Waals surface area (Å²) in [6.07, 6.45) is 2.35. The van der Waals surface area contributed by atoms with Crippen LogP contribution in [0.15, 0.2) is 69.6 Å². The van der Waals surface area contributed by atoms with E-state index < -0.39 is 21.4 Å². The topological polar surface area (TPSA) is 138 Å². The molecule has 10 nitrogen and oxygen atoms in total. The highest BCUT2D eigenvalue weighted by atomic mass is 32.1. The number of non-ortho nitro benzene ring substituents is 2. The second kappa shape index (κ2) is 8.45. The van der Waals surface area contributed by atoms with Crippen LogP contribution < -0.4 is 14.9 Å². The van der Waals surface area contributed by atoms with E-state index in [9.17, 15) is 29.8 Å². The number of nitrogens with zero attached hydrogens (tertiary/aromatic N) is 4. The van der Waals surface area contributed by atoms with Crippen LogP contribution in [0, 0.1) is 25.6 Å². The van der Waals surface area contributed by atoms with Gasteiger partial charge in [-0.3, -0.25) is 34.4 Å². The van der Waals surface area contributed by atoms with Crippen LogP contribution in [-0.4, -0.2) is 20.2 Å². The zero-order valence-electron chi connectivity index (χ0n) is 19.3. The van der Waals surface area contributed by atoms with E-state index in [2.05, 4.69) is 0 Å². The summed E-state index contributed by atoms with van der Waals surface area (Å²) in [6.45, 7) is 3.95. The van der Waals surface area contributed by atoms with E-state index in [4.69, 9.17) is 4.99 Å². The zero-order valence-corrected chi connectivity index (χ0v) is 20.2. The molecule has 0 N–H and O–H groups in total. The predicted molar refractivity (Wildman–Crippen MR) is 132 cm³/mol. The summed E-state index contributed by atoms with van der Waals surface area (Å²) in [4.78, 5) is 53.6. The van der Waals surface area contributed by atoms with Gasteiger partial charge >= 0.3 is 0 Å². The predicted octanol–water partition coefficient (Wildman–Crippen LogP) is 3.42. The third-order valence-corrected chi connectivity index (χ3v) is 7.25. The van der Waals surface area contributed by atoms with Crippen LogP contribution in [-0.2, 0) is 4.79 Å². The van der Waals surface area contributed by atoms with Gasteiger partial charge in [0, 0.05) is 36.3 Å². The van der Waals surface area contributed by atoms with Crippen LogP contribution >= 0.6 is 11.3 Å². The summed E-state index contributed by atoms with van der Waals surface area (Å²) >= 11 is 1.12. The molecule has 11 heteroatoms. The normalized spacial score (nSPS) is 18.9. The average Bonchev–Trinajstić information content (AvgIpc) is 3.11. The maximum Gasteiger partial charge on any atom is 0.271 e. The lowest BCUT2D eigenvalue weighted by molar-refractivity contribution is -0.385. The number of rotatable bonds is 4. The smallest absolute Gasteiger partial charge is 0.271 e. The second-order valence-corrected chi connectivity index (χ2v) is 10.6.